The molecule has 11 heteroatoms. The molecule has 0 aromatic heterocycles. The van der Waals surface area contributed by atoms with Crippen molar-refractivity contribution in [2.45, 2.75) is 56.9 Å². The van der Waals surface area contributed by atoms with Gasteiger partial charge in [0.2, 0.25) is 6.79 Å². The first kappa shape index (κ1) is 29.4. The van der Waals surface area contributed by atoms with E-state index in [1.165, 1.54) is 12.0 Å². The molecule has 0 spiro atoms. The first-order valence-corrected chi connectivity index (χ1v) is 15.7. The molecule has 5 aliphatic heterocycles. The fourth-order valence-electron chi connectivity index (χ4n) is 8.51. The second-order valence-corrected chi connectivity index (χ2v) is 12.7. The van der Waals surface area contributed by atoms with Crippen molar-refractivity contribution in [1.29, 1.82) is 5.26 Å². The van der Waals surface area contributed by atoms with Crippen LogP contribution in [0.2, 0.25) is 0 Å². The van der Waals surface area contributed by atoms with Crippen molar-refractivity contribution >= 4 is 11.8 Å². The molecule has 2 amide bonds. The smallest absolute Gasteiger partial charge is 0.261 e. The van der Waals surface area contributed by atoms with Crippen molar-refractivity contribution in [3.05, 3.63) is 87.5 Å². The number of hydrogen-bond acceptors (Lipinski definition) is 10. The lowest BCUT2D eigenvalue weighted by molar-refractivity contribution is -0.0101. The van der Waals surface area contributed by atoms with Crippen molar-refractivity contribution in [3.63, 3.8) is 0 Å². The molecule has 5 heterocycles. The van der Waals surface area contributed by atoms with E-state index >= 15 is 0 Å². The van der Waals surface area contributed by atoms with Crippen LogP contribution in [0.15, 0.2) is 43.0 Å². The van der Waals surface area contributed by atoms with Crippen LogP contribution in [-0.4, -0.2) is 71.9 Å². The lowest BCUT2D eigenvalue weighted by Gasteiger charge is -2.57. The van der Waals surface area contributed by atoms with Gasteiger partial charge in [-0.05, 0) is 49.9 Å². The summed E-state index contributed by atoms with van der Waals surface area (Å²) < 4.78 is 24.1. The summed E-state index contributed by atoms with van der Waals surface area (Å²) in [5.74, 6) is 1.40. The summed E-state index contributed by atoms with van der Waals surface area (Å²) in [7, 11) is 1.54. The Morgan fingerprint density at radius 2 is 1.83 bits per heavy atom. The molecule has 3 aromatic carbocycles. The number of imide groups is 1. The van der Waals surface area contributed by atoms with E-state index in [9.17, 15) is 20.0 Å². The number of carbonyl (C=O) groups excluding carboxylic acids is 2. The summed E-state index contributed by atoms with van der Waals surface area (Å²) in [6.07, 6.45) is 2.59. The topological polar surface area (TPSA) is 134 Å². The number of aromatic hydroxyl groups is 1. The molecule has 240 valence electrons. The number of rotatable bonds is 6. The normalized spacial score (nSPS) is 25.0. The predicted octanol–water partition coefficient (Wildman–Crippen LogP) is 4.04. The number of nitrogens with zero attached hydrogens (tertiary/aromatic N) is 3. The number of methoxy groups -OCH3 is 1. The molecule has 11 nitrogen and oxygen atoms in total. The zero-order valence-electron chi connectivity index (χ0n) is 26.3. The Morgan fingerprint density at radius 1 is 1.11 bits per heavy atom. The number of ether oxygens (including phenoxy) is 4. The number of piperazine rings is 1. The quantitative estimate of drug-likeness (QED) is 0.302. The number of fused-ring (bicyclic) bond motifs is 10. The third-order valence-corrected chi connectivity index (χ3v) is 10.3. The van der Waals surface area contributed by atoms with Gasteiger partial charge in [-0.15, -0.1) is 0 Å². The average molecular weight is 635 g/mol. The number of benzene rings is 3. The van der Waals surface area contributed by atoms with E-state index in [1.54, 1.807) is 30.3 Å². The van der Waals surface area contributed by atoms with E-state index in [-0.39, 0.29) is 49.6 Å². The molecule has 2 N–H and O–H groups in total. The third-order valence-electron chi connectivity index (χ3n) is 10.3. The Balaban J connectivity index is 1.35. The fraction of sp³-hybridized carbons (Fsp3) is 0.361. The molecule has 0 aliphatic carbocycles. The van der Waals surface area contributed by atoms with Crippen LogP contribution in [0.4, 0.5) is 0 Å². The highest BCUT2D eigenvalue weighted by atomic mass is 16.7. The van der Waals surface area contributed by atoms with Crippen LogP contribution in [0.1, 0.15) is 66.2 Å². The highest BCUT2D eigenvalue weighted by molar-refractivity contribution is 6.21. The van der Waals surface area contributed by atoms with Gasteiger partial charge in [0.05, 0.1) is 36.4 Å². The Bertz CT molecular complexity index is 1900. The summed E-state index contributed by atoms with van der Waals surface area (Å²) in [4.78, 5) is 31.0. The number of nitrogens with one attached hydrogen (secondary N) is 1. The zero-order valence-corrected chi connectivity index (χ0v) is 26.3. The zero-order chi connectivity index (χ0) is 32.7. The molecule has 1 saturated heterocycles. The first-order chi connectivity index (χ1) is 22.8. The van der Waals surface area contributed by atoms with Crippen LogP contribution >= 0.6 is 0 Å². The van der Waals surface area contributed by atoms with Crippen molar-refractivity contribution < 1.29 is 33.6 Å². The van der Waals surface area contributed by atoms with Gasteiger partial charge < -0.3 is 29.4 Å². The minimum Gasteiger partial charge on any atom is -0.504 e. The number of hydrogen-bond donors (Lipinski definition) is 2. The maximum Gasteiger partial charge on any atom is 0.261 e. The van der Waals surface area contributed by atoms with Gasteiger partial charge in [-0.1, -0.05) is 30.9 Å². The van der Waals surface area contributed by atoms with Gasteiger partial charge in [0.15, 0.2) is 23.0 Å². The highest BCUT2D eigenvalue weighted by Gasteiger charge is 2.55. The molecular formula is C36H34N4O7. The van der Waals surface area contributed by atoms with Crippen LogP contribution in [0.5, 0.6) is 28.7 Å². The number of phenols is 1. The largest absolute Gasteiger partial charge is 0.504 e. The van der Waals surface area contributed by atoms with E-state index < -0.39 is 18.1 Å². The maximum atomic E-state index is 13.8. The van der Waals surface area contributed by atoms with Crippen molar-refractivity contribution in [2.24, 2.45) is 0 Å². The predicted molar refractivity (Wildman–Crippen MR) is 169 cm³/mol. The van der Waals surface area contributed by atoms with Gasteiger partial charge in [-0.25, -0.2) is 0 Å². The molecule has 5 atom stereocenters. The Hall–Kier alpha value is -5.05. The lowest BCUT2D eigenvalue weighted by Crippen LogP contribution is -2.68. The van der Waals surface area contributed by atoms with Gasteiger partial charge in [-0.3, -0.25) is 19.4 Å². The van der Waals surface area contributed by atoms with Crippen molar-refractivity contribution in [3.8, 4) is 34.8 Å². The fourth-order valence-corrected chi connectivity index (χ4v) is 8.51. The standard InChI is InChI=1S/C36H34N4O7/c1-5-10-45-32-18(3)33-34(47-16-46-33)28-22(32)13-24-29-27-19(11-17(2)31(44-4)30(27)41)12-23(38-29)25(14-37)40(24)26(28)15-39-35(42)20-8-6-7-9-21(20)36(39)43/h5-9,11,23-26,29,38,41H,1,10,12-13,15-16H2,2-4H3/t23-,24?,25+,26+,29+/m1/s1. The SMILES string of the molecule is C=CCOc1c(C)c2c(c3c1CC1[C@@H]4N[C@H](Cc5cc(C)c(OC)c(O)c54)[C@H](C#N)N1[C@H]3CN1C(=O)c3ccccc3C1=O)OCO2. The summed E-state index contributed by atoms with van der Waals surface area (Å²) in [5, 5.41) is 26.1. The van der Waals surface area contributed by atoms with E-state index in [4.69, 9.17) is 18.9 Å². The molecule has 2 bridgehead atoms. The number of aryl methyl sites for hydroxylation is 1. The second kappa shape index (κ2) is 10.8. The summed E-state index contributed by atoms with van der Waals surface area (Å²) in [6.45, 7) is 7.88. The van der Waals surface area contributed by atoms with Gasteiger partial charge >= 0.3 is 0 Å². The highest BCUT2D eigenvalue weighted by Crippen LogP contribution is 2.57. The van der Waals surface area contributed by atoms with Gasteiger partial charge in [0.1, 0.15) is 18.4 Å². The Morgan fingerprint density at radius 3 is 2.51 bits per heavy atom. The van der Waals surface area contributed by atoms with Gasteiger partial charge in [0.25, 0.3) is 11.8 Å². The molecule has 1 unspecified atom stereocenters. The van der Waals surface area contributed by atoms with Crippen molar-refractivity contribution in [1.82, 2.24) is 15.1 Å². The maximum absolute atomic E-state index is 13.8. The molecular weight excluding hydrogens is 600 g/mol. The Kier molecular flexibility index (Phi) is 6.72. The van der Waals surface area contributed by atoms with Crippen LogP contribution in [0.3, 0.4) is 0 Å². The molecule has 5 aliphatic rings. The number of carbonyl (C=O) groups is 2. The molecule has 0 saturated carbocycles. The van der Waals surface area contributed by atoms with E-state index in [0.29, 0.717) is 47.0 Å². The third kappa shape index (κ3) is 4.04. The summed E-state index contributed by atoms with van der Waals surface area (Å²) >= 11 is 0. The Labute approximate surface area is 271 Å². The lowest BCUT2D eigenvalue weighted by atomic mass is 9.72. The van der Waals surface area contributed by atoms with E-state index in [0.717, 1.165) is 33.4 Å². The first-order valence-electron chi connectivity index (χ1n) is 15.7. The van der Waals surface area contributed by atoms with Crippen LogP contribution in [-0.2, 0) is 12.8 Å². The van der Waals surface area contributed by atoms with Crippen LogP contribution < -0.4 is 24.3 Å². The molecule has 1 fully saturated rings. The minimum absolute atomic E-state index is 0.00552. The van der Waals surface area contributed by atoms with Crippen LogP contribution in [0.25, 0.3) is 0 Å². The van der Waals surface area contributed by atoms with E-state index in [1.807, 2.05) is 19.9 Å². The number of nitriles is 1. The van der Waals surface area contributed by atoms with E-state index in [2.05, 4.69) is 22.9 Å². The van der Waals surface area contributed by atoms with Gasteiger partial charge in [0, 0.05) is 40.9 Å². The van der Waals surface area contributed by atoms with Crippen LogP contribution in [0, 0.1) is 25.2 Å². The van der Waals surface area contributed by atoms with Gasteiger partial charge in [-0.2, -0.15) is 5.26 Å². The monoisotopic (exact) mass is 634 g/mol. The number of phenolic OH excluding ortho intramolecular Hbond substituents is 1. The summed E-state index contributed by atoms with van der Waals surface area (Å²) in [5.41, 5.74) is 5.56. The minimum atomic E-state index is -0.652. The second-order valence-electron chi connectivity index (χ2n) is 12.7. The summed E-state index contributed by atoms with van der Waals surface area (Å²) in [6, 6.07) is 9.04. The number of amides is 2. The molecule has 0 radical (unpaired) electrons. The molecule has 8 rings (SSSR count). The average Bonchev–Trinajstić information content (AvgIpc) is 3.65. The van der Waals surface area contributed by atoms with Crippen molar-refractivity contribution in [2.75, 3.05) is 27.1 Å². The molecule has 3 aromatic rings. The molecule has 47 heavy (non-hydrogen) atoms.